The predicted octanol–water partition coefficient (Wildman–Crippen LogP) is 14.5. The van der Waals surface area contributed by atoms with Gasteiger partial charge in [-0.25, -0.2) is 0 Å². The van der Waals surface area contributed by atoms with Crippen LogP contribution in [0.4, 0.5) is 17.1 Å². The van der Waals surface area contributed by atoms with E-state index in [2.05, 4.69) is 181 Å². The minimum absolute atomic E-state index is 0.209. The fourth-order valence-corrected chi connectivity index (χ4v) is 12.2. The lowest BCUT2D eigenvalue weighted by Gasteiger charge is -2.61. The average molecular weight is 706 g/mol. The molecule has 0 unspecified atom stereocenters. The largest absolute Gasteiger partial charge is 0.310 e. The van der Waals surface area contributed by atoms with Gasteiger partial charge in [0.25, 0.3) is 0 Å². The maximum absolute atomic E-state index is 2.54. The van der Waals surface area contributed by atoms with Crippen molar-refractivity contribution < 1.29 is 0 Å². The fourth-order valence-electron chi connectivity index (χ4n) is 12.2. The van der Waals surface area contributed by atoms with Gasteiger partial charge < -0.3 is 4.90 Å². The van der Waals surface area contributed by atoms with Crippen molar-refractivity contribution in [2.24, 2.45) is 23.7 Å². The highest BCUT2D eigenvalue weighted by Gasteiger charge is 2.61. The molecule has 4 saturated carbocycles. The van der Waals surface area contributed by atoms with Crippen LogP contribution in [0.1, 0.15) is 43.2 Å². The van der Waals surface area contributed by atoms with Gasteiger partial charge in [-0.05, 0) is 153 Å². The molecule has 5 aliphatic carbocycles. The Bertz CT molecular complexity index is 2730. The quantitative estimate of drug-likeness (QED) is 0.161. The number of hydrogen-bond donors (Lipinski definition) is 0. The van der Waals surface area contributed by atoms with Gasteiger partial charge in [-0.15, -0.1) is 0 Å². The number of benzene rings is 8. The number of anilines is 3. The zero-order valence-corrected chi connectivity index (χ0v) is 31.0. The second-order valence-corrected chi connectivity index (χ2v) is 16.9. The van der Waals surface area contributed by atoms with Crippen LogP contribution in [-0.2, 0) is 5.41 Å². The van der Waals surface area contributed by atoms with Gasteiger partial charge in [0.05, 0.1) is 5.69 Å². The van der Waals surface area contributed by atoms with Gasteiger partial charge in [0.15, 0.2) is 0 Å². The van der Waals surface area contributed by atoms with Crippen molar-refractivity contribution in [3.8, 4) is 33.4 Å². The lowest BCUT2D eigenvalue weighted by molar-refractivity contribution is -0.0399. The minimum atomic E-state index is 0.209. The third kappa shape index (κ3) is 4.66. The molecule has 0 atom stereocenters. The Balaban J connectivity index is 0.973. The average Bonchev–Trinajstić information content (AvgIpc) is 3.53. The number of fused-ring (bicyclic) bond motifs is 6. The standard InChI is InChI=1S/C54H43N/c1-2-10-37(11-3-1)38-18-23-44(24-19-38)55(53-34-41-12-4-5-13-46(41)47-14-6-7-16-49(47)53)45-25-20-39(21-26-45)40-22-27-52-50(33-40)48-15-8-9-17-51(48)54(52)42-29-35-28-36(31-42)32-43(54)30-35/h1-27,33-36,42-43H,28-32H2. The predicted molar refractivity (Wildman–Crippen MR) is 230 cm³/mol. The summed E-state index contributed by atoms with van der Waals surface area (Å²) in [6.45, 7) is 0. The Hall–Kier alpha value is -5.92. The monoisotopic (exact) mass is 705 g/mol. The van der Waals surface area contributed by atoms with Crippen LogP contribution in [0.3, 0.4) is 0 Å². The van der Waals surface area contributed by atoms with E-state index in [4.69, 9.17) is 0 Å². The summed E-state index contributed by atoms with van der Waals surface area (Å²) in [6, 6.07) is 66.0. The summed E-state index contributed by atoms with van der Waals surface area (Å²) in [7, 11) is 0. The Morgan fingerprint density at radius 2 is 0.909 bits per heavy atom. The highest BCUT2D eigenvalue weighted by atomic mass is 15.1. The molecule has 0 N–H and O–H groups in total. The van der Waals surface area contributed by atoms with Crippen LogP contribution in [0.5, 0.6) is 0 Å². The Labute approximate surface area is 323 Å². The van der Waals surface area contributed by atoms with E-state index in [9.17, 15) is 0 Å². The molecule has 55 heavy (non-hydrogen) atoms. The highest BCUT2D eigenvalue weighted by Crippen LogP contribution is 2.69. The fraction of sp³-hybridized carbons (Fsp3) is 0.185. The van der Waals surface area contributed by atoms with Crippen molar-refractivity contribution in [1.29, 1.82) is 0 Å². The molecule has 1 spiro atoms. The lowest BCUT2D eigenvalue weighted by atomic mass is 9.43. The molecule has 1 nitrogen and oxygen atoms in total. The third-order valence-corrected chi connectivity index (χ3v) is 14.2. The van der Waals surface area contributed by atoms with Crippen molar-refractivity contribution >= 4 is 38.6 Å². The van der Waals surface area contributed by atoms with Crippen molar-refractivity contribution in [2.75, 3.05) is 4.90 Å². The van der Waals surface area contributed by atoms with Crippen LogP contribution < -0.4 is 4.90 Å². The summed E-state index contributed by atoms with van der Waals surface area (Å²) < 4.78 is 0. The molecule has 264 valence electrons. The Morgan fingerprint density at radius 1 is 0.382 bits per heavy atom. The first-order valence-electron chi connectivity index (χ1n) is 20.4. The topological polar surface area (TPSA) is 3.24 Å². The van der Waals surface area contributed by atoms with Crippen molar-refractivity contribution in [3.05, 3.63) is 187 Å². The van der Waals surface area contributed by atoms with Gasteiger partial charge in [0.2, 0.25) is 0 Å². The lowest BCUT2D eigenvalue weighted by Crippen LogP contribution is -2.55. The van der Waals surface area contributed by atoms with Crippen LogP contribution >= 0.6 is 0 Å². The van der Waals surface area contributed by atoms with E-state index in [1.807, 2.05) is 0 Å². The molecular weight excluding hydrogens is 663 g/mol. The summed E-state index contributed by atoms with van der Waals surface area (Å²) >= 11 is 0. The highest BCUT2D eigenvalue weighted by molar-refractivity contribution is 6.14. The summed E-state index contributed by atoms with van der Waals surface area (Å²) in [6.07, 6.45) is 7.16. The molecule has 1 heteroatoms. The Kier molecular flexibility index (Phi) is 6.88. The summed E-state index contributed by atoms with van der Waals surface area (Å²) in [5, 5.41) is 5.04. The van der Waals surface area contributed by atoms with Crippen LogP contribution in [-0.4, -0.2) is 0 Å². The normalized spacial score (nSPS) is 23.0. The second-order valence-electron chi connectivity index (χ2n) is 16.9. The van der Waals surface area contributed by atoms with Crippen LogP contribution in [0.15, 0.2) is 176 Å². The van der Waals surface area contributed by atoms with Crippen LogP contribution in [0, 0.1) is 23.7 Å². The van der Waals surface area contributed by atoms with E-state index in [1.54, 1.807) is 11.1 Å². The van der Waals surface area contributed by atoms with Crippen molar-refractivity contribution in [3.63, 3.8) is 0 Å². The molecule has 0 heterocycles. The van der Waals surface area contributed by atoms with Crippen molar-refractivity contribution in [1.82, 2.24) is 0 Å². The first-order chi connectivity index (χ1) is 27.2. The molecule has 0 saturated heterocycles. The van der Waals surface area contributed by atoms with Gasteiger partial charge in [0.1, 0.15) is 0 Å². The van der Waals surface area contributed by atoms with E-state index in [1.165, 1.54) is 92.7 Å². The van der Waals surface area contributed by atoms with Gasteiger partial charge in [-0.1, -0.05) is 140 Å². The third-order valence-electron chi connectivity index (χ3n) is 14.2. The molecule has 4 bridgehead atoms. The van der Waals surface area contributed by atoms with E-state index < -0.39 is 0 Å². The molecule has 0 amide bonds. The molecule has 5 aliphatic rings. The van der Waals surface area contributed by atoms with Crippen LogP contribution in [0.25, 0.3) is 54.9 Å². The Morgan fingerprint density at radius 3 is 1.62 bits per heavy atom. The zero-order chi connectivity index (χ0) is 36.1. The van der Waals surface area contributed by atoms with Gasteiger partial charge in [0, 0.05) is 22.2 Å². The van der Waals surface area contributed by atoms with Gasteiger partial charge in [-0.3, -0.25) is 0 Å². The first kappa shape index (κ1) is 31.4. The molecule has 4 fully saturated rings. The van der Waals surface area contributed by atoms with E-state index >= 15 is 0 Å². The summed E-state index contributed by atoms with van der Waals surface area (Å²) in [4.78, 5) is 2.45. The number of rotatable bonds is 5. The number of hydrogen-bond acceptors (Lipinski definition) is 1. The molecular formula is C54H43N. The molecule has 0 aromatic heterocycles. The van der Waals surface area contributed by atoms with E-state index in [0.29, 0.717) is 0 Å². The smallest absolute Gasteiger partial charge is 0.0546 e. The molecule has 13 rings (SSSR count). The zero-order valence-electron chi connectivity index (χ0n) is 31.0. The molecule has 8 aromatic carbocycles. The summed E-state index contributed by atoms with van der Waals surface area (Å²) in [5.74, 6) is 3.48. The first-order valence-corrected chi connectivity index (χ1v) is 20.4. The maximum Gasteiger partial charge on any atom is 0.0546 e. The van der Waals surface area contributed by atoms with Crippen molar-refractivity contribution in [2.45, 2.75) is 37.5 Å². The minimum Gasteiger partial charge on any atom is -0.310 e. The molecule has 0 radical (unpaired) electrons. The molecule has 0 aliphatic heterocycles. The van der Waals surface area contributed by atoms with E-state index in [-0.39, 0.29) is 5.41 Å². The SMILES string of the molecule is c1ccc(-c2ccc(N(c3ccc(-c4ccc5c(c4)-c4ccccc4C54C5CC6CC(C5)CC4C6)cc3)c3cc4ccccc4c4ccccc34)cc2)cc1. The molecule has 8 aromatic rings. The van der Waals surface area contributed by atoms with E-state index in [0.717, 1.165) is 35.0 Å². The summed E-state index contributed by atoms with van der Waals surface area (Å²) in [5.41, 5.74) is 14.9. The second kappa shape index (κ2) is 12.0. The van der Waals surface area contributed by atoms with Gasteiger partial charge >= 0.3 is 0 Å². The number of nitrogens with zero attached hydrogens (tertiary/aromatic N) is 1. The van der Waals surface area contributed by atoms with Gasteiger partial charge in [-0.2, -0.15) is 0 Å². The van der Waals surface area contributed by atoms with Crippen LogP contribution in [0.2, 0.25) is 0 Å². The maximum atomic E-state index is 2.54.